The van der Waals surface area contributed by atoms with E-state index in [1.807, 2.05) is 6.29 Å². The molecule has 1 heterocycles. The molecule has 1 aliphatic rings. The van der Waals surface area contributed by atoms with Crippen molar-refractivity contribution in [1.29, 1.82) is 0 Å². The largest absolute Gasteiger partial charge is 0.331 e. The van der Waals surface area contributed by atoms with Gasteiger partial charge in [0.15, 0.2) is 0 Å². The topological polar surface area (TPSA) is 40.6 Å². The first-order valence-corrected chi connectivity index (χ1v) is 4.49. The van der Waals surface area contributed by atoms with Gasteiger partial charge in [0.2, 0.25) is 6.29 Å². The van der Waals surface area contributed by atoms with Crippen LogP contribution in [0.3, 0.4) is 0 Å². The van der Waals surface area contributed by atoms with Gasteiger partial charge in [0.05, 0.1) is 0 Å². The van der Waals surface area contributed by atoms with Crippen LogP contribution in [0.2, 0.25) is 0 Å². The Bertz CT molecular complexity index is 196. The van der Waals surface area contributed by atoms with Gasteiger partial charge in [-0.1, -0.05) is 0 Å². The molecule has 0 atom stereocenters. The second-order valence-electron chi connectivity index (χ2n) is 3.56. The molecule has 1 fully saturated rings. The Labute approximate surface area is 78.5 Å². The van der Waals surface area contributed by atoms with Crippen molar-refractivity contribution in [1.82, 2.24) is 9.80 Å². The van der Waals surface area contributed by atoms with E-state index in [-0.39, 0.29) is 11.9 Å². The molecule has 0 N–H and O–H groups in total. The van der Waals surface area contributed by atoms with Crippen molar-refractivity contribution in [2.24, 2.45) is 5.92 Å². The monoisotopic (exact) mass is 183 g/mol. The number of hydrogen-bond acceptors (Lipinski definition) is 2. The highest BCUT2D eigenvalue weighted by Crippen LogP contribution is 2.15. The van der Waals surface area contributed by atoms with Crippen molar-refractivity contribution in [3.63, 3.8) is 0 Å². The molecule has 0 bridgehead atoms. The molecule has 2 amide bonds. The van der Waals surface area contributed by atoms with Gasteiger partial charge in [-0.15, -0.1) is 0 Å². The lowest BCUT2D eigenvalue weighted by atomic mass is 9.99. The third kappa shape index (κ3) is 2.44. The van der Waals surface area contributed by atoms with Crippen LogP contribution < -0.4 is 0 Å². The maximum Gasteiger partial charge on any atom is 0.319 e. The molecule has 73 valence electrons. The fraction of sp³-hybridized carbons (Fsp3) is 0.778. The molecule has 0 unspecified atom stereocenters. The van der Waals surface area contributed by atoms with E-state index in [1.54, 1.807) is 23.9 Å². The lowest BCUT2D eigenvalue weighted by Crippen LogP contribution is -2.44. The molecular weight excluding hydrogens is 168 g/mol. The lowest BCUT2D eigenvalue weighted by Gasteiger charge is -2.31. The first-order valence-electron chi connectivity index (χ1n) is 4.49. The number of urea groups is 1. The number of piperidine rings is 1. The summed E-state index contributed by atoms with van der Waals surface area (Å²) in [7, 11) is 3.47. The maximum absolute atomic E-state index is 11.4. The van der Waals surface area contributed by atoms with Crippen LogP contribution in [0.15, 0.2) is 0 Å². The Balaban J connectivity index is 2.40. The van der Waals surface area contributed by atoms with Gasteiger partial charge in [-0.25, -0.2) is 4.79 Å². The standard InChI is InChI=1S/C9H15N2O2/c1-10(2)9(13)11-5-3-8(7-12)4-6-11/h8H,3-6H2,1-2H3. The highest BCUT2D eigenvalue weighted by Gasteiger charge is 2.23. The number of rotatable bonds is 1. The second kappa shape index (κ2) is 4.25. The van der Waals surface area contributed by atoms with E-state index in [4.69, 9.17) is 0 Å². The van der Waals surface area contributed by atoms with E-state index < -0.39 is 0 Å². The molecule has 4 nitrogen and oxygen atoms in total. The SMILES string of the molecule is CN(C)C(=O)N1CCC([C]=O)CC1. The fourth-order valence-corrected chi connectivity index (χ4v) is 1.47. The minimum absolute atomic E-state index is 0.0318. The van der Waals surface area contributed by atoms with Crippen molar-refractivity contribution in [3.8, 4) is 0 Å². The number of carbonyl (C=O) groups excluding carboxylic acids is 2. The van der Waals surface area contributed by atoms with Crippen molar-refractivity contribution in [3.05, 3.63) is 0 Å². The van der Waals surface area contributed by atoms with Gasteiger partial charge < -0.3 is 9.80 Å². The summed E-state index contributed by atoms with van der Waals surface area (Å²) in [4.78, 5) is 25.1. The molecule has 0 aromatic rings. The number of likely N-dealkylation sites (tertiary alicyclic amines) is 1. The normalized spacial score (nSPS) is 18.5. The molecule has 1 rings (SSSR count). The van der Waals surface area contributed by atoms with Crippen LogP contribution in [0.5, 0.6) is 0 Å². The van der Waals surface area contributed by atoms with E-state index in [2.05, 4.69) is 0 Å². The zero-order chi connectivity index (χ0) is 9.84. The number of nitrogens with zero attached hydrogens (tertiary/aromatic N) is 2. The summed E-state index contributed by atoms with van der Waals surface area (Å²) in [6, 6.07) is 0.0318. The second-order valence-corrected chi connectivity index (χ2v) is 3.56. The molecule has 0 saturated carbocycles. The van der Waals surface area contributed by atoms with Gasteiger partial charge in [0.25, 0.3) is 0 Å². The van der Waals surface area contributed by atoms with Crippen LogP contribution >= 0.6 is 0 Å². The molecule has 0 aromatic heterocycles. The summed E-state index contributed by atoms with van der Waals surface area (Å²) in [6.45, 7) is 1.36. The summed E-state index contributed by atoms with van der Waals surface area (Å²) < 4.78 is 0. The average molecular weight is 183 g/mol. The smallest absolute Gasteiger partial charge is 0.319 e. The Morgan fingerprint density at radius 3 is 2.31 bits per heavy atom. The van der Waals surface area contributed by atoms with Crippen molar-refractivity contribution >= 4 is 12.3 Å². The van der Waals surface area contributed by atoms with Crippen LogP contribution in [-0.2, 0) is 4.79 Å². The highest BCUT2D eigenvalue weighted by molar-refractivity contribution is 5.74. The van der Waals surface area contributed by atoms with Crippen molar-refractivity contribution in [2.45, 2.75) is 12.8 Å². The lowest BCUT2D eigenvalue weighted by molar-refractivity contribution is 0.155. The number of amides is 2. The van der Waals surface area contributed by atoms with E-state index in [9.17, 15) is 9.59 Å². The van der Waals surface area contributed by atoms with Gasteiger partial charge in [-0.2, -0.15) is 0 Å². The summed E-state index contributed by atoms with van der Waals surface area (Å²) >= 11 is 0. The predicted octanol–water partition coefficient (Wildman–Crippen LogP) is 0.490. The molecule has 0 aliphatic carbocycles. The third-order valence-corrected chi connectivity index (χ3v) is 2.31. The van der Waals surface area contributed by atoms with Gasteiger partial charge in [0, 0.05) is 33.1 Å². The minimum Gasteiger partial charge on any atom is -0.331 e. The van der Waals surface area contributed by atoms with Gasteiger partial charge >= 0.3 is 6.03 Å². The van der Waals surface area contributed by atoms with Crippen molar-refractivity contribution in [2.75, 3.05) is 27.2 Å². The van der Waals surface area contributed by atoms with Crippen LogP contribution in [-0.4, -0.2) is 49.3 Å². The molecule has 4 heteroatoms. The first-order chi connectivity index (χ1) is 6.15. The van der Waals surface area contributed by atoms with E-state index in [0.29, 0.717) is 13.1 Å². The first kappa shape index (κ1) is 10.0. The van der Waals surface area contributed by atoms with Crippen molar-refractivity contribution < 1.29 is 9.59 Å². The summed E-state index contributed by atoms with van der Waals surface area (Å²) in [5.41, 5.74) is 0. The van der Waals surface area contributed by atoms with E-state index in [1.165, 1.54) is 0 Å². The van der Waals surface area contributed by atoms with E-state index in [0.717, 1.165) is 12.8 Å². The summed E-state index contributed by atoms with van der Waals surface area (Å²) in [6.07, 6.45) is 3.50. The quantitative estimate of drug-likeness (QED) is 0.593. The summed E-state index contributed by atoms with van der Waals surface area (Å²) in [5, 5.41) is 0. The number of hydrogen-bond donors (Lipinski definition) is 0. The van der Waals surface area contributed by atoms with Crippen LogP contribution in [0.1, 0.15) is 12.8 Å². The number of carbonyl (C=O) groups is 1. The highest BCUT2D eigenvalue weighted by atomic mass is 16.2. The van der Waals surface area contributed by atoms with Gasteiger partial charge in [-0.3, -0.25) is 4.79 Å². The molecule has 0 spiro atoms. The molecule has 0 aromatic carbocycles. The van der Waals surface area contributed by atoms with Crippen LogP contribution in [0.4, 0.5) is 4.79 Å². The molecule has 1 radical (unpaired) electrons. The molecule has 1 aliphatic heterocycles. The maximum atomic E-state index is 11.4. The van der Waals surface area contributed by atoms with Crippen LogP contribution in [0.25, 0.3) is 0 Å². The van der Waals surface area contributed by atoms with E-state index >= 15 is 0 Å². The van der Waals surface area contributed by atoms with Gasteiger partial charge in [0.1, 0.15) is 0 Å². The third-order valence-electron chi connectivity index (χ3n) is 2.31. The zero-order valence-electron chi connectivity index (χ0n) is 8.12. The zero-order valence-corrected chi connectivity index (χ0v) is 8.12. The minimum atomic E-state index is 0.0318. The Kier molecular flexibility index (Phi) is 3.28. The Morgan fingerprint density at radius 1 is 1.38 bits per heavy atom. The fourth-order valence-electron chi connectivity index (χ4n) is 1.47. The molecule has 13 heavy (non-hydrogen) atoms. The molecule has 1 saturated heterocycles. The Morgan fingerprint density at radius 2 is 1.92 bits per heavy atom. The van der Waals surface area contributed by atoms with Crippen LogP contribution in [0, 0.1) is 5.92 Å². The predicted molar refractivity (Wildman–Crippen MR) is 49.1 cm³/mol. The average Bonchev–Trinajstić information content (AvgIpc) is 2.17. The molecular formula is C9H15N2O2. The Hall–Kier alpha value is -1.06. The summed E-state index contributed by atoms with van der Waals surface area (Å²) in [5.74, 6) is 0.0335. The van der Waals surface area contributed by atoms with Gasteiger partial charge in [-0.05, 0) is 12.8 Å².